The molecule has 7 nitrogen and oxygen atoms in total. The first kappa shape index (κ1) is 20.8. The van der Waals surface area contributed by atoms with Crippen molar-refractivity contribution in [3.8, 4) is 18.1 Å². The number of nitrogens with zero attached hydrogens (tertiary/aromatic N) is 1. The van der Waals surface area contributed by atoms with Crippen LogP contribution in [0.4, 0.5) is 0 Å². The van der Waals surface area contributed by atoms with Gasteiger partial charge in [-0.15, -0.1) is 18.2 Å². The number of hydrogen-bond acceptors (Lipinski definition) is 7. The van der Waals surface area contributed by atoms with Crippen LogP contribution in [0.15, 0.2) is 26.3 Å². The van der Waals surface area contributed by atoms with Gasteiger partial charge in [0.1, 0.15) is 28.7 Å². The zero-order valence-electron chi connectivity index (χ0n) is 15.5. The van der Waals surface area contributed by atoms with Gasteiger partial charge in [-0.3, -0.25) is 14.6 Å². The van der Waals surface area contributed by atoms with Crippen molar-refractivity contribution in [2.75, 3.05) is 12.4 Å². The molecule has 1 aliphatic heterocycles. The molecular weight excluding hydrogens is 368 g/mol. The summed E-state index contributed by atoms with van der Waals surface area (Å²) in [6.07, 6.45) is 6.47. The first-order valence-electron chi connectivity index (χ1n) is 8.55. The van der Waals surface area contributed by atoms with Crippen LogP contribution in [0.5, 0.6) is 5.75 Å². The van der Waals surface area contributed by atoms with E-state index in [-0.39, 0.29) is 29.8 Å². The average Bonchev–Trinajstić information content (AvgIpc) is 3.03. The quantitative estimate of drug-likeness (QED) is 0.683. The second kappa shape index (κ2) is 8.91. The predicted molar refractivity (Wildman–Crippen MR) is 104 cm³/mol. The third kappa shape index (κ3) is 5.23. The van der Waals surface area contributed by atoms with Crippen molar-refractivity contribution in [3.63, 3.8) is 0 Å². The van der Waals surface area contributed by atoms with Crippen molar-refractivity contribution in [3.05, 3.63) is 28.3 Å². The number of terminal acetylenes is 1. The van der Waals surface area contributed by atoms with Crippen molar-refractivity contribution in [1.82, 2.24) is 5.32 Å². The van der Waals surface area contributed by atoms with Crippen LogP contribution in [-0.4, -0.2) is 34.6 Å². The lowest BCUT2D eigenvalue weighted by Crippen LogP contribution is -2.45. The Labute approximate surface area is 162 Å². The Morgan fingerprint density at radius 3 is 2.85 bits per heavy atom. The van der Waals surface area contributed by atoms with Crippen LogP contribution < -0.4 is 15.7 Å². The molecule has 1 aliphatic rings. The molecule has 1 aromatic heterocycles. The van der Waals surface area contributed by atoms with Gasteiger partial charge in [0.05, 0.1) is 12.1 Å². The fraction of sp³-hybridized carbons (Fsp3) is 0.474. The number of amides is 1. The SMILES string of the molecule is C#CCOc1cc([C@@H](CCC)NC(=O)[C@]2(C)CSC(C(C)=O)=N2)oc(=O)c1. The highest BCUT2D eigenvalue weighted by molar-refractivity contribution is 8.16. The standard InChI is InChI=1S/C19H22N2O5S/c1-5-7-14(15-9-13(25-8-6-2)10-16(23)26-15)20-18(24)19(4)11-27-17(21-19)12(3)22/h2,9-10,14H,5,7-8,11H2,1,3-4H3,(H,20,24)/t14-,19+/m1/s1. The van der Waals surface area contributed by atoms with Crippen LogP contribution in [0.2, 0.25) is 0 Å². The van der Waals surface area contributed by atoms with E-state index in [4.69, 9.17) is 15.6 Å². The maximum Gasteiger partial charge on any atom is 0.339 e. The van der Waals surface area contributed by atoms with Crippen LogP contribution >= 0.6 is 11.8 Å². The number of Topliss-reactive ketones (excluding diaryl/α,β-unsaturated/α-hetero) is 1. The third-order valence-corrected chi connectivity index (χ3v) is 5.30. The molecule has 1 N–H and O–H groups in total. The summed E-state index contributed by atoms with van der Waals surface area (Å²) in [4.78, 5) is 40.4. The van der Waals surface area contributed by atoms with E-state index in [2.05, 4.69) is 16.2 Å². The maximum absolute atomic E-state index is 12.8. The molecule has 27 heavy (non-hydrogen) atoms. The van der Waals surface area contributed by atoms with E-state index in [0.29, 0.717) is 17.2 Å². The molecule has 0 spiro atoms. The van der Waals surface area contributed by atoms with Gasteiger partial charge in [0, 0.05) is 18.7 Å². The van der Waals surface area contributed by atoms with Gasteiger partial charge in [-0.05, 0) is 13.3 Å². The largest absolute Gasteiger partial charge is 0.481 e. The van der Waals surface area contributed by atoms with Gasteiger partial charge in [0.2, 0.25) is 5.91 Å². The second-order valence-electron chi connectivity index (χ2n) is 6.36. The summed E-state index contributed by atoms with van der Waals surface area (Å²) in [5.41, 5.74) is -1.63. The van der Waals surface area contributed by atoms with E-state index < -0.39 is 17.2 Å². The molecule has 2 atom stereocenters. The summed E-state index contributed by atoms with van der Waals surface area (Å²) >= 11 is 1.26. The number of carbonyl (C=O) groups is 2. The molecule has 0 aliphatic carbocycles. The van der Waals surface area contributed by atoms with E-state index in [9.17, 15) is 14.4 Å². The molecule has 1 aromatic rings. The number of aliphatic imine (C=N–C) groups is 1. The summed E-state index contributed by atoms with van der Waals surface area (Å²) in [6, 6.07) is 2.22. The lowest BCUT2D eigenvalue weighted by molar-refractivity contribution is -0.125. The van der Waals surface area contributed by atoms with Gasteiger partial charge in [-0.2, -0.15) is 0 Å². The minimum atomic E-state index is -1.05. The highest BCUT2D eigenvalue weighted by atomic mass is 32.2. The minimum absolute atomic E-state index is 0.0194. The topological polar surface area (TPSA) is 98.0 Å². The molecule has 8 heteroatoms. The summed E-state index contributed by atoms with van der Waals surface area (Å²) in [5, 5.41) is 3.23. The lowest BCUT2D eigenvalue weighted by atomic mass is 10.0. The first-order chi connectivity index (χ1) is 12.8. The van der Waals surface area contributed by atoms with Crippen LogP contribution in [0.3, 0.4) is 0 Å². The third-order valence-electron chi connectivity index (χ3n) is 3.94. The molecule has 2 heterocycles. The Kier molecular flexibility index (Phi) is 6.86. The van der Waals surface area contributed by atoms with Crippen molar-refractivity contribution >= 4 is 28.5 Å². The van der Waals surface area contributed by atoms with E-state index in [0.717, 1.165) is 6.42 Å². The molecule has 144 valence electrons. The predicted octanol–water partition coefficient (Wildman–Crippen LogP) is 2.10. The van der Waals surface area contributed by atoms with Crippen LogP contribution in [0, 0.1) is 12.3 Å². The highest BCUT2D eigenvalue weighted by Gasteiger charge is 2.40. The summed E-state index contributed by atoms with van der Waals surface area (Å²) in [5.74, 6) is 2.79. The maximum atomic E-state index is 12.8. The molecule has 0 saturated heterocycles. The number of ketones is 1. The lowest BCUT2D eigenvalue weighted by Gasteiger charge is -2.24. The van der Waals surface area contributed by atoms with Gasteiger partial charge < -0.3 is 14.5 Å². The molecule has 0 aromatic carbocycles. The van der Waals surface area contributed by atoms with Crippen LogP contribution in [-0.2, 0) is 9.59 Å². The van der Waals surface area contributed by atoms with Gasteiger partial charge >= 0.3 is 5.63 Å². The Balaban J connectivity index is 2.24. The van der Waals surface area contributed by atoms with Gasteiger partial charge in [0.25, 0.3) is 0 Å². The highest BCUT2D eigenvalue weighted by Crippen LogP contribution is 2.30. The number of hydrogen-bond donors (Lipinski definition) is 1. The Morgan fingerprint density at radius 2 is 2.26 bits per heavy atom. The molecule has 0 unspecified atom stereocenters. The average molecular weight is 390 g/mol. The van der Waals surface area contributed by atoms with E-state index in [1.165, 1.54) is 24.8 Å². The van der Waals surface area contributed by atoms with Crippen molar-refractivity contribution < 1.29 is 18.7 Å². The number of carbonyl (C=O) groups excluding carboxylic acids is 2. The molecule has 0 radical (unpaired) electrons. The number of rotatable bonds is 8. The van der Waals surface area contributed by atoms with E-state index in [1.807, 2.05) is 6.92 Å². The zero-order valence-corrected chi connectivity index (χ0v) is 16.4. The normalized spacial score (nSPS) is 19.7. The second-order valence-corrected chi connectivity index (χ2v) is 7.32. The van der Waals surface area contributed by atoms with Crippen molar-refractivity contribution in [2.24, 2.45) is 4.99 Å². The van der Waals surface area contributed by atoms with E-state index in [1.54, 1.807) is 13.0 Å². The van der Waals surface area contributed by atoms with Gasteiger partial charge in [-0.1, -0.05) is 19.3 Å². The number of ether oxygens (including phenoxy) is 1. The summed E-state index contributed by atoms with van der Waals surface area (Å²) in [6.45, 7) is 5.07. The van der Waals surface area contributed by atoms with Crippen LogP contribution in [0.1, 0.15) is 45.4 Å². The van der Waals surface area contributed by atoms with Gasteiger partial charge in [0.15, 0.2) is 5.78 Å². The fourth-order valence-corrected chi connectivity index (χ4v) is 3.62. The molecular formula is C19H22N2O5S. The molecule has 1 amide bonds. The number of nitrogens with one attached hydrogen (secondary N) is 1. The zero-order chi connectivity index (χ0) is 20.0. The van der Waals surface area contributed by atoms with Crippen molar-refractivity contribution in [2.45, 2.75) is 45.2 Å². The molecule has 2 rings (SSSR count). The molecule has 0 saturated carbocycles. The van der Waals surface area contributed by atoms with E-state index >= 15 is 0 Å². The Bertz CT molecular complexity index is 854. The number of thioether (sulfide) groups is 1. The summed E-state index contributed by atoms with van der Waals surface area (Å²) in [7, 11) is 0. The van der Waals surface area contributed by atoms with Gasteiger partial charge in [-0.25, -0.2) is 4.79 Å². The molecule has 0 fully saturated rings. The minimum Gasteiger partial charge on any atom is -0.481 e. The van der Waals surface area contributed by atoms with Crippen LogP contribution in [0.25, 0.3) is 0 Å². The summed E-state index contributed by atoms with van der Waals surface area (Å²) < 4.78 is 10.6. The Hall–Kier alpha value is -2.53. The monoisotopic (exact) mass is 390 g/mol. The smallest absolute Gasteiger partial charge is 0.339 e. The fourth-order valence-electron chi connectivity index (χ4n) is 2.54. The first-order valence-corrected chi connectivity index (χ1v) is 9.53. The molecule has 0 bridgehead atoms. The Morgan fingerprint density at radius 1 is 1.52 bits per heavy atom. The van der Waals surface area contributed by atoms with Crippen molar-refractivity contribution in [1.29, 1.82) is 0 Å².